The van der Waals surface area contributed by atoms with E-state index in [1.165, 1.54) is 0 Å². The van der Waals surface area contributed by atoms with Gasteiger partial charge in [0.2, 0.25) is 0 Å². The Morgan fingerprint density at radius 2 is 2.04 bits per heavy atom. The van der Waals surface area contributed by atoms with Gasteiger partial charge >= 0.3 is 6.09 Å². The van der Waals surface area contributed by atoms with Gasteiger partial charge in [-0.1, -0.05) is 0 Å². The molecule has 0 aromatic carbocycles. The molecule has 3 heterocycles. The Labute approximate surface area is 136 Å². The zero-order valence-electron chi connectivity index (χ0n) is 14.4. The summed E-state index contributed by atoms with van der Waals surface area (Å²) in [5.41, 5.74) is 2.06. The van der Waals surface area contributed by atoms with Crippen LogP contribution in [-0.2, 0) is 24.2 Å². The molecule has 0 saturated heterocycles. The zero-order chi connectivity index (χ0) is 16.8. The molecule has 0 N–H and O–H groups in total. The summed E-state index contributed by atoms with van der Waals surface area (Å²) in [6.07, 6.45) is 2.80. The Balaban J connectivity index is 1.91. The van der Waals surface area contributed by atoms with Gasteiger partial charge in [0.25, 0.3) is 0 Å². The van der Waals surface area contributed by atoms with Crippen molar-refractivity contribution in [2.75, 3.05) is 0 Å². The lowest BCUT2D eigenvalue weighted by molar-refractivity contribution is 0.0136. The highest BCUT2D eigenvalue weighted by Gasteiger charge is 2.35. The minimum absolute atomic E-state index is 0.0200. The first kappa shape index (κ1) is 16.0. The molecular weight excluding hydrogens is 294 g/mol. The van der Waals surface area contributed by atoms with Crippen LogP contribution in [0.3, 0.4) is 0 Å². The molecule has 6 nitrogen and oxygen atoms in total. The SMILES string of the molecule is CC1Cc2nn3c(c2CN1C(=O)OC(C)(C)C)C(=O)CCCC3. The number of hydrogen-bond acceptors (Lipinski definition) is 4. The second kappa shape index (κ2) is 5.65. The smallest absolute Gasteiger partial charge is 0.410 e. The Bertz CT molecular complexity index is 642. The number of aromatic nitrogens is 2. The van der Waals surface area contributed by atoms with Crippen LogP contribution >= 0.6 is 0 Å². The summed E-state index contributed by atoms with van der Waals surface area (Å²) in [5.74, 6) is 0.148. The fourth-order valence-corrected chi connectivity index (χ4v) is 3.30. The van der Waals surface area contributed by atoms with Gasteiger partial charge in [0.1, 0.15) is 11.3 Å². The summed E-state index contributed by atoms with van der Waals surface area (Å²) < 4.78 is 7.36. The van der Waals surface area contributed by atoms with Gasteiger partial charge in [0.15, 0.2) is 5.78 Å². The predicted octanol–water partition coefficient (Wildman–Crippen LogP) is 2.93. The monoisotopic (exact) mass is 319 g/mol. The molecule has 1 aromatic rings. The standard InChI is InChI=1S/C17H25N3O3/c1-11-9-13-12(10-19(11)16(22)23-17(2,3)4)15-14(21)7-5-6-8-20(15)18-13/h11H,5-10H2,1-4H3. The molecular formula is C17H25N3O3. The molecule has 0 bridgehead atoms. The summed E-state index contributed by atoms with van der Waals surface area (Å²) in [6, 6.07) is 0.0200. The third-order valence-corrected chi connectivity index (χ3v) is 4.40. The number of ketones is 1. The van der Waals surface area contributed by atoms with Crippen molar-refractivity contribution in [3.05, 3.63) is 17.0 Å². The number of rotatable bonds is 0. The van der Waals surface area contributed by atoms with Crippen molar-refractivity contribution < 1.29 is 14.3 Å². The van der Waals surface area contributed by atoms with Gasteiger partial charge in [-0.05, 0) is 40.5 Å². The predicted molar refractivity (Wildman–Crippen MR) is 85.4 cm³/mol. The summed E-state index contributed by atoms with van der Waals surface area (Å²) in [7, 11) is 0. The first-order valence-electron chi connectivity index (χ1n) is 8.37. The molecule has 1 unspecified atom stereocenters. The number of carbonyl (C=O) groups excluding carboxylic acids is 2. The van der Waals surface area contributed by atoms with E-state index in [4.69, 9.17) is 4.74 Å². The second-order valence-electron chi connectivity index (χ2n) is 7.54. The average molecular weight is 319 g/mol. The van der Waals surface area contributed by atoms with Crippen molar-refractivity contribution in [3.8, 4) is 0 Å². The molecule has 23 heavy (non-hydrogen) atoms. The normalized spacial score (nSPS) is 21.5. The lowest BCUT2D eigenvalue weighted by Gasteiger charge is -2.34. The summed E-state index contributed by atoms with van der Waals surface area (Å²) in [4.78, 5) is 26.6. The van der Waals surface area contributed by atoms with Crippen LogP contribution in [0.4, 0.5) is 4.79 Å². The van der Waals surface area contributed by atoms with E-state index in [1.807, 2.05) is 32.4 Å². The fraction of sp³-hybridized carbons (Fsp3) is 0.706. The van der Waals surface area contributed by atoms with Crippen LogP contribution in [0.2, 0.25) is 0 Å². The van der Waals surface area contributed by atoms with Gasteiger partial charge in [-0.15, -0.1) is 0 Å². The van der Waals surface area contributed by atoms with Crippen molar-refractivity contribution >= 4 is 11.9 Å². The van der Waals surface area contributed by atoms with Gasteiger partial charge in [-0.3, -0.25) is 9.48 Å². The number of Topliss-reactive ketones (excluding diaryl/α,β-unsaturated/α-hetero) is 1. The van der Waals surface area contributed by atoms with E-state index in [-0.39, 0.29) is 17.9 Å². The molecule has 0 spiro atoms. The van der Waals surface area contributed by atoms with Crippen molar-refractivity contribution in [2.45, 2.75) is 78.1 Å². The van der Waals surface area contributed by atoms with E-state index in [2.05, 4.69) is 5.10 Å². The zero-order valence-corrected chi connectivity index (χ0v) is 14.4. The first-order valence-corrected chi connectivity index (χ1v) is 8.37. The van der Waals surface area contributed by atoms with Gasteiger partial charge < -0.3 is 9.64 Å². The maximum absolute atomic E-state index is 12.5. The van der Waals surface area contributed by atoms with Gasteiger partial charge in [0.05, 0.1) is 12.2 Å². The summed E-state index contributed by atoms with van der Waals surface area (Å²) in [5, 5.41) is 4.64. The Hall–Kier alpha value is -1.85. The summed E-state index contributed by atoms with van der Waals surface area (Å²) in [6.45, 7) is 8.78. The molecule has 126 valence electrons. The van der Waals surface area contributed by atoms with Gasteiger partial charge in [-0.25, -0.2) is 4.79 Å². The minimum atomic E-state index is -0.525. The maximum atomic E-state index is 12.5. The van der Waals surface area contributed by atoms with Crippen LogP contribution in [0.5, 0.6) is 0 Å². The number of carbonyl (C=O) groups is 2. The van der Waals surface area contributed by atoms with Crippen LogP contribution in [0, 0.1) is 0 Å². The highest BCUT2D eigenvalue weighted by molar-refractivity contribution is 5.96. The number of fused-ring (bicyclic) bond motifs is 3. The lowest BCUT2D eigenvalue weighted by Crippen LogP contribution is -2.45. The Kier molecular flexibility index (Phi) is 3.94. The quantitative estimate of drug-likeness (QED) is 0.737. The van der Waals surface area contributed by atoms with Gasteiger partial charge in [-0.2, -0.15) is 5.10 Å². The molecule has 3 rings (SSSR count). The second-order valence-corrected chi connectivity index (χ2v) is 7.54. The number of ether oxygens (including phenoxy) is 1. The molecule has 1 atom stereocenters. The largest absolute Gasteiger partial charge is 0.444 e. The third-order valence-electron chi connectivity index (χ3n) is 4.40. The van der Waals surface area contributed by atoms with Crippen molar-refractivity contribution in [2.24, 2.45) is 0 Å². The topological polar surface area (TPSA) is 64.4 Å². The molecule has 1 aromatic heterocycles. The molecule has 0 aliphatic carbocycles. The molecule has 0 saturated carbocycles. The lowest BCUT2D eigenvalue weighted by atomic mass is 9.98. The highest BCUT2D eigenvalue weighted by Crippen LogP contribution is 2.29. The average Bonchev–Trinajstić information content (AvgIpc) is 2.67. The third kappa shape index (κ3) is 3.12. The van der Waals surface area contributed by atoms with E-state index in [0.29, 0.717) is 25.1 Å². The molecule has 1 amide bonds. The number of aryl methyl sites for hydroxylation is 1. The first-order chi connectivity index (χ1) is 10.8. The molecule has 2 aliphatic heterocycles. The molecule has 6 heteroatoms. The maximum Gasteiger partial charge on any atom is 0.410 e. The van der Waals surface area contributed by atoms with Crippen LogP contribution < -0.4 is 0 Å². The summed E-state index contributed by atoms with van der Waals surface area (Å²) >= 11 is 0. The van der Waals surface area contributed by atoms with E-state index in [9.17, 15) is 9.59 Å². The van der Waals surface area contributed by atoms with Crippen LogP contribution in [0.15, 0.2) is 0 Å². The van der Waals surface area contributed by atoms with E-state index in [1.54, 1.807) is 4.90 Å². The van der Waals surface area contributed by atoms with E-state index in [0.717, 1.165) is 30.6 Å². The fourth-order valence-electron chi connectivity index (χ4n) is 3.30. The highest BCUT2D eigenvalue weighted by atomic mass is 16.6. The Morgan fingerprint density at radius 3 is 2.74 bits per heavy atom. The number of hydrogen-bond donors (Lipinski definition) is 0. The van der Waals surface area contributed by atoms with E-state index < -0.39 is 5.60 Å². The Morgan fingerprint density at radius 1 is 1.30 bits per heavy atom. The van der Waals surface area contributed by atoms with E-state index >= 15 is 0 Å². The number of nitrogens with zero attached hydrogens (tertiary/aromatic N) is 3. The minimum Gasteiger partial charge on any atom is -0.444 e. The molecule has 0 radical (unpaired) electrons. The number of amides is 1. The van der Waals surface area contributed by atoms with Crippen molar-refractivity contribution in [3.63, 3.8) is 0 Å². The van der Waals surface area contributed by atoms with Crippen LogP contribution in [0.1, 0.15) is 68.7 Å². The van der Waals surface area contributed by atoms with Crippen molar-refractivity contribution in [1.82, 2.24) is 14.7 Å². The van der Waals surface area contributed by atoms with Crippen LogP contribution in [-0.4, -0.2) is 38.2 Å². The van der Waals surface area contributed by atoms with Crippen molar-refractivity contribution in [1.29, 1.82) is 0 Å². The van der Waals surface area contributed by atoms with Crippen LogP contribution in [0.25, 0.3) is 0 Å². The molecule has 0 fully saturated rings. The molecule has 2 aliphatic rings. The van der Waals surface area contributed by atoms with Gasteiger partial charge in [0, 0.05) is 31.0 Å².